The van der Waals surface area contributed by atoms with Gasteiger partial charge in [-0.25, -0.2) is 4.79 Å². The highest BCUT2D eigenvalue weighted by Gasteiger charge is 2.37. The predicted octanol–water partition coefficient (Wildman–Crippen LogP) is 1.08. The maximum absolute atomic E-state index is 12.0. The Bertz CT molecular complexity index is 374. The fourth-order valence-electron chi connectivity index (χ4n) is 3.05. The van der Waals surface area contributed by atoms with Crippen molar-refractivity contribution in [1.29, 1.82) is 0 Å². The van der Waals surface area contributed by atoms with Gasteiger partial charge in [-0.2, -0.15) is 0 Å². The van der Waals surface area contributed by atoms with Crippen LogP contribution in [-0.2, 0) is 4.79 Å². The third-order valence-electron chi connectivity index (χ3n) is 4.99. The molecule has 0 aromatic heterocycles. The van der Waals surface area contributed by atoms with E-state index in [9.17, 15) is 9.59 Å². The lowest BCUT2D eigenvalue weighted by molar-refractivity contribution is -0.144. The molecule has 2 aliphatic heterocycles. The fourth-order valence-corrected chi connectivity index (χ4v) is 3.05. The Kier molecular flexibility index (Phi) is 5.45. The number of piperidine rings is 1. The van der Waals surface area contributed by atoms with E-state index < -0.39 is 5.97 Å². The molecule has 2 heterocycles. The summed E-state index contributed by atoms with van der Waals surface area (Å²) in [6.45, 7) is 9.12. The number of likely N-dealkylation sites (tertiary alicyclic amines) is 2. The van der Waals surface area contributed by atoms with Crippen molar-refractivity contribution in [1.82, 2.24) is 15.1 Å². The van der Waals surface area contributed by atoms with Crippen LogP contribution in [0.4, 0.5) is 4.79 Å². The van der Waals surface area contributed by atoms with Crippen LogP contribution in [0.15, 0.2) is 0 Å². The fraction of sp³-hybridized carbons (Fsp3) is 0.867. The van der Waals surface area contributed by atoms with Gasteiger partial charge in [0, 0.05) is 25.6 Å². The number of carbonyl (C=O) groups excluding carboxylic acids is 1. The van der Waals surface area contributed by atoms with Crippen LogP contribution in [0.1, 0.15) is 26.7 Å². The first-order chi connectivity index (χ1) is 10.0. The highest BCUT2D eigenvalue weighted by Crippen LogP contribution is 2.24. The number of urea groups is 1. The molecule has 0 radical (unpaired) electrons. The summed E-state index contributed by atoms with van der Waals surface area (Å²) < 4.78 is 0. The number of carbonyl (C=O) groups is 2. The molecule has 0 aromatic carbocycles. The van der Waals surface area contributed by atoms with E-state index in [-0.39, 0.29) is 17.9 Å². The number of nitrogens with one attached hydrogen (secondary N) is 1. The van der Waals surface area contributed by atoms with Gasteiger partial charge in [0.2, 0.25) is 0 Å². The van der Waals surface area contributed by atoms with Crippen LogP contribution < -0.4 is 5.32 Å². The van der Waals surface area contributed by atoms with Crippen LogP contribution in [0.25, 0.3) is 0 Å². The van der Waals surface area contributed by atoms with Gasteiger partial charge in [0.1, 0.15) is 0 Å². The Balaban J connectivity index is 1.62. The number of amides is 2. The molecular formula is C15H27N3O3. The Morgan fingerprint density at radius 1 is 1.29 bits per heavy atom. The minimum absolute atomic E-state index is 0.0400. The smallest absolute Gasteiger partial charge is 0.317 e. The van der Waals surface area contributed by atoms with E-state index in [2.05, 4.69) is 17.1 Å². The monoisotopic (exact) mass is 297 g/mol. The SMILES string of the molecule is CCN1CCC(CNC(=O)N2CC(C(C)C(=O)O)C2)CC1. The van der Waals surface area contributed by atoms with Gasteiger partial charge in [-0.1, -0.05) is 13.8 Å². The summed E-state index contributed by atoms with van der Waals surface area (Å²) in [5.41, 5.74) is 0. The summed E-state index contributed by atoms with van der Waals surface area (Å²) in [4.78, 5) is 27.0. The first kappa shape index (κ1) is 16.1. The maximum atomic E-state index is 12.0. The second-order valence-corrected chi connectivity index (χ2v) is 6.36. The Labute approximate surface area is 126 Å². The molecule has 0 bridgehead atoms. The van der Waals surface area contributed by atoms with E-state index in [1.807, 2.05) is 0 Å². The lowest BCUT2D eigenvalue weighted by Crippen LogP contribution is -2.57. The van der Waals surface area contributed by atoms with Crippen LogP contribution >= 0.6 is 0 Å². The minimum atomic E-state index is -0.775. The zero-order valence-electron chi connectivity index (χ0n) is 13.0. The van der Waals surface area contributed by atoms with Crippen molar-refractivity contribution in [2.24, 2.45) is 17.8 Å². The molecule has 0 spiro atoms. The zero-order chi connectivity index (χ0) is 15.4. The zero-order valence-corrected chi connectivity index (χ0v) is 13.0. The first-order valence-electron chi connectivity index (χ1n) is 7.99. The summed E-state index contributed by atoms with van der Waals surface area (Å²) >= 11 is 0. The second-order valence-electron chi connectivity index (χ2n) is 6.36. The molecule has 1 atom stereocenters. The number of rotatable bonds is 5. The topological polar surface area (TPSA) is 72.9 Å². The van der Waals surface area contributed by atoms with E-state index in [1.54, 1.807) is 11.8 Å². The molecule has 2 rings (SSSR count). The van der Waals surface area contributed by atoms with Gasteiger partial charge >= 0.3 is 12.0 Å². The standard InChI is InChI=1S/C15H27N3O3/c1-3-17-6-4-12(5-7-17)8-16-15(21)18-9-13(10-18)11(2)14(19)20/h11-13H,3-10H2,1-2H3,(H,16,21)(H,19,20). The molecule has 120 valence electrons. The van der Waals surface area contributed by atoms with E-state index in [0.29, 0.717) is 19.0 Å². The molecule has 2 N–H and O–H groups in total. The number of hydrogen-bond acceptors (Lipinski definition) is 3. The molecule has 2 aliphatic rings. The molecule has 1 unspecified atom stereocenters. The van der Waals surface area contributed by atoms with Crippen molar-refractivity contribution in [3.8, 4) is 0 Å². The van der Waals surface area contributed by atoms with E-state index in [4.69, 9.17) is 5.11 Å². The molecule has 2 fully saturated rings. The molecule has 0 saturated carbocycles. The van der Waals surface area contributed by atoms with Gasteiger partial charge in [-0.05, 0) is 38.4 Å². The summed E-state index contributed by atoms with van der Waals surface area (Å²) in [6.07, 6.45) is 2.29. The van der Waals surface area contributed by atoms with Gasteiger partial charge in [0.25, 0.3) is 0 Å². The van der Waals surface area contributed by atoms with Crippen molar-refractivity contribution < 1.29 is 14.7 Å². The Morgan fingerprint density at radius 2 is 1.90 bits per heavy atom. The first-order valence-corrected chi connectivity index (χ1v) is 7.99. The van der Waals surface area contributed by atoms with Crippen molar-refractivity contribution >= 4 is 12.0 Å². The molecule has 2 saturated heterocycles. The van der Waals surface area contributed by atoms with Gasteiger partial charge in [-0.3, -0.25) is 4.79 Å². The average molecular weight is 297 g/mol. The van der Waals surface area contributed by atoms with Crippen LogP contribution in [0, 0.1) is 17.8 Å². The summed E-state index contributed by atoms with van der Waals surface area (Å²) in [5.74, 6) is -0.469. The molecular weight excluding hydrogens is 270 g/mol. The van der Waals surface area contributed by atoms with Gasteiger partial charge in [0.15, 0.2) is 0 Å². The largest absolute Gasteiger partial charge is 0.481 e. The highest BCUT2D eigenvalue weighted by atomic mass is 16.4. The number of carboxylic acid groups (broad SMARTS) is 1. The molecule has 0 aromatic rings. The van der Waals surface area contributed by atoms with Gasteiger partial charge < -0.3 is 20.2 Å². The van der Waals surface area contributed by atoms with Crippen molar-refractivity contribution in [2.75, 3.05) is 39.3 Å². The van der Waals surface area contributed by atoms with E-state index in [0.717, 1.165) is 39.0 Å². The Morgan fingerprint density at radius 3 is 2.43 bits per heavy atom. The predicted molar refractivity (Wildman–Crippen MR) is 80.1 cm³/mol. The normalized spacial score (nSPS) is 22.7. The van der Waals surface area contributed by atoms with Crippen LogP contribution in [0.3, 0.4) is 0 Å². The van der Waals surface area contributed by atoms with Crippen molar-refractivity contribution in [2.45, 2.75) is 26.7 Å². The average Bonchev–Trinajstić information content (AvgIpc) is 2.43. The quantitative estimate of drug-likeness (QED) is 0.796. The van der Waals surface area contributed by atoms with Gasteiger partial charge in [-0.15, -0.1) is 0 Å². The Hall–Kier alpha value is -1.30. The molecule has 2 amide bonds. The van der Waals surface area contributed by atoms with Crippen molar-refractivity contribution in [3.63, 3.8) is 0 Å². The van der Waals surface area contributed by atoms with Crippen LogP contribution in [-0.4, -0.2) is 66.2 Å². The number of hydrogen-bond donors (Lipinski definition) is 2. The van der Waals surface area contributed by atoms with Crippen molar-refractivity contribution in [3.05, 3.63) is 0 Å². The minimum Gasteiger partial charge on any atom is -0.481 e. The van der Waals surface area contributed by atoms with Gasteiger partial charge in [0.05, 0.1) is 5.92 Å². The van der Waals surface area contributed by atoms with Crippen LogP contribution in [0.2, 0.25) is 0 Å². The summed E-state index contributed by atoms with van der Waals surface area (Å²) in [5, 5.41) is 11.9. The third kappa shape index (κ3) is 4.09. The summed E-state index contributed by atoms with van der Waals surface area (Å²) in [6, 6.07) is -0.0400. The van der Waals surface area contributed by atoms with Crippen LogP contribution in [0.5, 0.6) is 0 Å². The maximum Gasteiger partial charge on any atom is 0.317 e. The molecule has 6 nitrogen and oxygen atoms in total. The highest BCUT2D eigenvalue weighted by molar-refractivity contribution is 5.76. The second kappa shape index (κ2) is 7.11. The number of nitrogens with zero attached hydrogens (tertiary/aromatic N) is 2. The molecule has 6 heteroatoms. The number of aliphatic carboxylic acids is 1. The summed E-state index contributed by atoms with van der Waals surface area (Å²) in [7, 11) is 0. The van der Waals surface area contributed by atoms with E-state index in [1.165, 1.54) is 0 Å². The molecule has 21 heavy (non-hydrogen) atoms. The molecule has 0 aliphatic carbocycles. The number of carboxylic acids is 1. The lowest BCUT2D eigenvalue weighted by atomic mass is 9.87. The third-order valence-corrected chi connectivity index (χ3v) is 4.99. The van der Waals surface area contributed by atoms with E-state index >= 15 is 0 Å². The lowest BCUT2D eigenvalue weighted by Gasteiger charge is -2.41.